The minimum atomic E-state index is -0.622. The van der Waals surface area contributed by atoms with Gasteiger partial charge < -0.3 is 35.8 Å². The van der Waals surface area contributed by atoms with Crippen LogP contribution in [-0.4, -0.2) is 57.6 Å². The first-order valence-corrected chi connectivity index (χ1v) is 13.1. The van der Waals surface area contributed by atoms with Gasteiger partial charge in [-0.25, -0.2) is 10.4 Å². The Balaban J connectivity index is 1.42. The number of nitrogens with two attached hydrogens (primary N) is 2. The van der Waals surface area contributed by atoms with Gasteiger partial charge in [-0.3, -0.25) is 9.80 Å². The monoisotopic (exact) mass is 540 g/mol. The predicted octanol–water partition coefficient (Wildman–Crippen LogP) is 1.97. The van der Waals surface area contributed by atoms with Gasteiger partial charge in [0.1, 0.15) is 12.0 Å². The van der Waals surface area contributed by atoms with Crippen molar-refractivity contribution in [2.24, 2.45) is 17.4 Å². The fraction of sp³-hybridized carbons (Fsp3) is 0.464. The molecule has 0 fully saturated rings. The van der Waals surface area contributed by atoms with Crippen LogP contribution < -0.4 is 36.7 Å². The summed E-state index contributed by atoms with van der Waals surface area (Å²) in [5.74, 6) is 0.157. The average molecular weight is 541 g/mol. The molecule has 11 nitrogen and oxygen atoms in total. The van der Waals surface area contributed by atoms with Crippen LogP contribution in [0, 0.1) is 5.92 Å². The number of primary amides is 1. The number of unbranched alkanes of at least 4 members (excludes halogenated alkanes) is 1. The summed E-state index contributed by atoms with van der Waals surface area (Å²) in [5.41, 5.74) is 18.8. The number of amides is 1. The van der Waals surface area contributed by atoms with Crippen molar-refractivity contribution in [3.05, 3.63) is 59.4 Å². The maximum Gasteiger partial charge on any atom is 0.223 e. The largest absolute Gasteiger partial charge is 0.494 e. The van der Waals surface area contributed by atoms with Crippen molar-refractivity contribution in [3.63, 3.8) is 0 Å². The quantitative estimate of drug-likeness (QED) is 0.163. The normalized spacial score (nSPS) is 14.5. The number of ether oxygens (including phenoxy) is 3. The lowest BCUT2D eigenvalue weighted by atomic mass is 9.88. The molecular weight excluding hydrogens is 500 g/mol. The molecule has 0 saturated heterocycles. The number of aromatic nitrogens is 1. The van der Waals surface area contributed by atoms with Gasteiger partial charge >= 0.3 is 0 Å². The molecule has 1 amide bonds. The Morgan fingerprint density at radius 2 is 2.10 bits per heavy atom. The summed E-state index contributed by atoms with van der Waals surface area (Å²) in [5, 5.41) is 5.46. The molecule has 0 spiro atoms. The highest BCUT2D eigenvalue weighted by molar-refractivity contribution is 5.78. The number of carbonyl (C=O) groups excluding carboxylic acids is 2. The number of carbonyl (C=O) groups is 2. The first kappa shape index (κ1) is 30.0. The molecule has 0 saturated carbocycles. The first-order chi connectivity index (χ1) is 19.0. The van der Waals surface area contributed by atoms with Crippen molar-refractivity contribution in [3.8, 4) is 11.6 Å². The Kier molecular flexibility index (Phi) is 12.2. The maximum absolute atomic E-state index is 12.0. The van der Waals surface area contributed by atoms with E-state index in [-0.39, 0.29) is 13.0 Å². The SMILES string of the molecule is COc1cc(N2C=C(CNCCCCOc3ccc(C(OC)C(CCC=O)C(N)=O)c(CN)c3)CN2)ccn1. The van der Waals surface area contributed by atoms with Crippen molar-refractivity contribution < 1.29 is 23.8 Å². The van der Waals surface area contributed by atoms with Crippen molar-refractivity contribution >= 4 is 17.9 Å². The summed E-state index contributed by atoms with van der Waals surface area (Å²) < 4.78 is 16.8. The van der Waals surface area contributed by atoms with Gasteiger partial charge in [0, 0.05) is 51.6 Å². The minimum Gasteiger partial charge on any atom is -0.494 e. The van der Waals surface area contributed by atoms with Crippen LogP contribution in [0.2, 0.25) is 0 Å². The molecular formula is C28H40N6O5. The van der Waals surface area contributed by atoms with E-state index in [4.69, 9.17) is 25.7 Å². The Labute approximate surface area is 229 Å². The van der Waals surface area contributed by atoms with E-state index in [2.05, 4.69) is 21.9 Å². The van der Waals surface area contributed by atoms with Crippen LogP contribution in [0.25, 0.3) is 0 Å². The van der Waals surface area contributed by atoms with E-state index in [1.165, 1.54) is 12.7 Å². The number of pyridine rings is 1. The average Bonchev–Trinajstić information content (AvgIpc) is 3.43. The zero-order valence-electron chi connectivity index (χ0n) is 22.7. The van der Waals surface area contributed by atoms with Crippen LogP contribution in [0.4, 0.5) is 5.69 Å². The van der Waals surface area contributed by atoms with E-state index in [0.717, 1.165) is 55.6 Å². The zero-order valence-corrected chi connectivity index (χ0v) is 22.7. The minimum absolute atomic E-state index is 0.232. The summed E-state index contributed by atoms with van der Waals surface area (Å²) in [4.78, 5) is 27.0. The maximum atomic E-state index is 12.0. The van der Waals surface area contributed by atoms with E-state index in [1.807, 2.05) is 35.3 Å². The van der Waals surface area contributed by atoms with Gasteiger partial charge in [-0.05, 0) is 60.7 Å². The number of benzene rings is 1. The summed E-state index contributed by atoms with van der Waals surface area (Å²) in [7, 11) is 3.13. The van der Waals surface area contributed by atoms with Crippen LogP contribution in [0.15, 0.2) is 48.3 Å². The second-order valence-corrected chi connectivity index (χ2v) is 9.25. The third-order valence-electron chi connectivity index (χ3n) is 6.58. The number of methoxy groups -OCH3 is 2. The molecule has 39 heavy (non-hydrogen) atoms. The molecule has 0 radical (unpaired) electrons. The standard InChI is InChI=1S/C28H40N6O5/c1-37-26-15-22(9-11-32-26)34-19-20(18-33-34)17-31-10-3-4-13-39-23-7-8-24(21(14-23)16-29)27(38-2)25(28(30)36)6-5-12-35/h7-9,11-12,14-15,19,25,27,31,33H,3-6,10,13,16-18,29H2,1-2H3,(H2,30,36). The van der Waals surface area contributed by atoms with Gasteiger partial charge in [-0.1, -0.05) is 6.07 Å². The molecule has 1 aromatic carbocycles. The number of nitrogens with one attached hydrogen (secondary N) is 2. The van der Waals surface area contributed by atoms with Crippen LogP contribution in [0.5, 0.6) is 11.6 Å². The van der Waals surface area contributed by atoms with Crippen molar-refractivity contribution in [2.75, 3.05) is 45.5 Å². The molecule has 212 valence electrons. The summed E-state index contributed by atoms with van der Waals surface area (Å²) in [6.45, 7) is 3.28. The predicted molar refractivity (Wildman–Crippen MR) is 149 cm³/mol. The molecule has 1 aliphatic heterocycles. The van der Waals surface area contributed by atoms with E-state index in [1.54, 1.807) is 13.3 Å². The number of hydrazine groups is 1. The smallest absolute Gasteiger partial charge is 0.223 e. The van der Waals surface area contributed by atoms with Crippen LogP contribution in [0.3, 0.4) is 0 Å². The fourth-order valence-corrected chi connectivity index (χ4v) is 4.51. The molecule has 1 aromatic heterocycles. The first-order valence-electron chi connectivity index (χ1n) is 13.1. The molecule has 0 bridgehead atoms. The van der Waals surface area contributed by atoms with Gasteiger partial charge in [0.25, 0.3) is 0 Å². The number of aldehydes is 1. The second-order valence-electron chi connectivity index (χ2n) is 9.25. The molecule has 1 aliphatic rings. The van der Waals surface area contributed by atoms with Gasteiger partial charge in [-0.15, -0.1) is 0 Å². The Morgan fingerprint density at radius 1 is 1.26 bits per heavy atom. The lowest BCUT2D eigenvalue weighted by molar-refractivity contribution is -0.127. The number of anilines is 1. The van der Waals surface area contributed by atoms with Crippen molar-refractivity contribution in [2.45, 2.75) is 38.3 Å². The molecule has 3 rings (SSSR count). The van der Waals surface area contributed by atoms with Gasteiger partial charge in [-0.2, -0.15) is 0 Å². The van der Waals surface area contributed by atoms with Crippen LogP contribution >= 0.6 is 0 Å². The molecule has 2 atom stereocenters. The van der Waals surface area contributed by atoms with Crippen molar-refractivity contribution in [1.29, 1.82) is 0 Å². The molecule has 2 aromatic rings. The molecule has 0 aliphatic carbocycles. The summed E-state index contributed by atoms with van der Waals surface area (Å²) in [6.07, 6.45) is 6.42. The molecule has 6 N–H and O–H groups in total. The Hall–Kier alpha value is -3.51. The van der Waals surface area contributed by atoms with E-state index >= 15 is 0 Å². The number of rotatable bonds is 18. The lowest BCUT2D eigenvalue weighted by Gasteiger charge is -2.25. The topological polar surface area (TPSA) is 154 Å². The summed E-state index contributed by atoms with van der Waals surface area (Å²) >= 11 is 0. The highest BCUT2D eigenvalue weighted by Crippen LogP contribution is 2.33. The van der Waals surface area contributed by atoms with Crippen LogP contribution in [0.1, 0.15) is 42.9 Å². The second kappa shape index (κ2) is 15.8. The van der Waals surface area contributed by atoms with Gasteiger partial charge in [0.2, 0.25) is 11.8 Å². The highest BCUT2D eigenvalue weighted by atomic mass is 16.5. The Morgan fingerprint density at radius 3 is 2.82 bits per heavy atom. The summed E-state index contributed by atoms with van der Waals surface area (Å²) in [6, 6.07) is 9.39. The highest BCUT2D eigenvalue weighted by Gasteiger charge is 2.29. The van der Waals surface area contributed by atoms with E-state index < -0.39 is 17.9 Å². The molecule has 2 unspecified atom stereocenters. The number of hydrogen-bond acceptors (Lipinski definition) is 10. The van der Waals surface area contributed by atoms with E-state index in [9.17, 15) is 9.59 Å². The Bertz CT molecular complexity index is 1110. The fourth-order valence-electron chi connectivity index (χ4n) is 4.51. The molecule has 2 heterocycles. The van der Waals surface area contributed by atoms with Crippen LogP contribution in [-0.2, 0) is 20.9 Å². The van der Waals surface area contributed by atoms with Gasteiger partial charge in [0.05, 0.1) is 31.4 Å². The van der Waals surface area contributed by atoms with Gasteiger partial charge in [0.15, 0.2) is 0 Å². The van der Waals surface area contributed by atoms with E-state index in [0.29, 0.717) is 24.7 Å². The number of nitrogens with zero attached hydrogens (tertiary/aromatic N) is 2. The third-order valence-corrected chi connectivity index (χ3v) is 6.58. The van der Waals surface area contributed by atoms with Crippen molar-refractivity contribution in [1.82, 2.24) is 15.7 Å². The molecule has 11 heteroatoms. The third kappa shape index (κ3) is 8.75. The zero-order chi connectivity index (χ0) is 28.0. The number of hydrogen-bond donors (Lipinski definition) is 4. The lowest BCUT2D eigenvalue weighted by Crippen LogP contribution is -2.30.